The maximum Gasteiger partial charge on any atom is 0.240 e. The minimum atomic E-state index is -0.0894. The van der Waals surface area contributed by atoms with Crippen LogP contribution in [0.4, 0.5) is 0 Å². The van der Waals surface area contributed by atoms with Gasteiger partial charge in [0.05, 0.1) is 12.4 Å². The molecule has 2 N–H and O–H groups in total. The molecule has 152 valence electrons. The average molecular weight is 411 g/mol. The van der Waals surface area contributed by atoms with Gasteiger partial charge in [-0.1, -0.05) is 60.7 Å². The molecule has 0 heterocycles. The number of benzene rings is 2. The molecule has 0 atom stereocenters. The van der Waals surface area contributed by atoms with Gasteiger partial charge >= 0.3 is 0 Å². The SMILES string of the molecule is O=C(CCCSCCCC(=O)N/N=C/c1ccccc1)N/N=C/c1ccccc1. The minimum absolute atomic E-state index is 0.0894. The highest BCUT2D eigenvalue weighted by Crippen LogP contribution is 2.08. The topological polar surface area (TPSA) is 82.9 Å². The summed E-state index contributed by atoms with van der Waals surface area (Å²) in [5, 5.41) is 7.89. The summed E-state index contributed by atoms with van der Waals surface area (Å²) in [5.41, 5.74) is 6.95. The van der Waals surface area contributed by atoms with E-state index in [2.05, 4.69) is 21.1 Å². The van der Waals surface area contributed by atoms with Crippen molar-refractivity contribution >= 4 is 36.0 Å². The zero-order valence-electron chi connectivity index (χ0n) is 16.3. The van der Waals surface area contributed by atoms with Crippen molar-refractivity contribution in [1.82, 2.24) is 10.9 Å². The Labute approximate surface area is 175 Å². The van der Waals surface area contributed by atoms with Crippen LogP contribution >= 0.6 is 11.8 Å². The molecule has 0 spiro atoms. The number of carbonyl (C=O) groups excluding carboxylic acids is 2. The normalized spacial score (nSPS) is 11.0. The molecule has 0 aliphatic carbocycles. The summed E-state index contributed by atoms with van der Waals surface area (Å²) in [5.74, 6) is 1.58. The summed E-state index contributed by atoms with van der Waals surface area (Å²) in [7, 11) is 0. The van der Waals surface area contributed by atoms with E-state index < -0.39 is 0 Å². The fraction of sp³-hybridized carbons (Fsp3) is 0.273. The van der Waals surface area contributed by atoms with Crippen molar-refractivity contribution in [3.05, 3.63) is 71.8 Å². The van der Waals surface area contributed by atoms with Crippen LogP contribution in [-0.4, -0.2) is 35.7 Å². The zero-order chi connectivity index (χ0) is 20.6. The lowest BCUT2D eigenvalue weighted by Gasteiger charge is -2.02. The van der Waals surface area contributed by atoms with Gasteiger partial charge in [0, 0.05) is 12.8 Å². The number of hydrogen-bond acceptors (Lipinski definition) is 5. The predicted octanol–water partition coefficient (Wildman–Crippen LogP) is 3.58. The number of nitrogens with one attached hydrogen (secondary N) is 2. The molecule has 7 heteroatoms. The molecule has 0 aliphatic heterocycles. The first kappa shape index (κ1) is 22.4. The summed E-state index contributed by atoms with van der Waals surface area (Å²) < 4.78 is 0. The Morgan fingerprint density at radius 2 is 1.14 bits per heavy atom. The zero-order valence-corrected chi connectivity index (χ0v) is 17.1. The molecule has 0 saturated heterocycles. The van der Waals surface area contributed by atoms with Gasteiger partial charge in [0.15, 0.2) is 0 Å². The van der Waals surface area contributed by atoms with Gasteiger partial charge in [0.1, 0.15) is 0 Å². The smallest absolute Gasteiger partial charge is 0.240 e. The number of thioether (sulfide) groups is 1. The maximum absolute atomic E-state index is 11.7. The molecule has 0 radical (unpaired) electrons. The third-order valence-electron chi connectivity index (χ3n) is 3.79. The first-order valence-corrected chi connectivity index (χ1v) is 10.7. The summed E-state index contributed by atoms with van der Waals surface area (Å²) in [6, 6.07) is 19.2. The molecule has 0 unspecified atom stereocenters. The third-order valence-corrected chi connectivity index (χ3v) is 4.94. The molecule has 2 aromatic rings. The standard InChI is InChI=1S/C22H26N4O2S/c27-21(25-23-17-19-9-3-1-4-10-19)13-7-15-29-16-8-14-22(28)26-24-18-20-11-5-2-6-12-20/h1-6,9-12,17-18H,7-8,13-16H2,(H,25,27)(H,26,28)/b23-17+,24-18+. The highest BCUT2D eigenvalue weighted by molar-refractivity contribution is 7.99. The fourth-order valence-corrected chi connectivity index (χ4v) is 3.22. The summed E-state index contributed by atoms with van der Waals surface area (Å²) in [6.45, 7) is 0. The molecule has 0 bridgehead atoms. The van der Waals surface area contributed by atoms with Crippen molar-refractivity contribution in [2.24, 2.45) is 10.2 Å². The van der Waals surface area contributed by atoms with E-state index in [4.69, 9.17) is 0 Å². The highest BCUT2D eigenvalue weighted by atomic mass is 32.2. The summed E-state index contributed by atoms with van der Waals surface area (Å²) >= 11 is 1.74. The van der Waals surface area contributed by atoms with E-state index in [0.29, 0.717) is 12.8 Å². The summed E-state index contributed by atoms with van der Waals surface area (Å²) in [6.07, 6.45) is 5.70. The molecule has 2 rings (SSSR count). The van der Waals surface area contributed by atoms with Gasteiger partial charge in [-0.15, -0.1) is 0 Å². The second kappa shape index (κ2) is 14.1. The molecule has 0 saturated carbocycles. The monoisotopic (exact) mass is 410 g/mol. The maximum atomic E-state index is 11.7. The second-order valence-corrected chi connectivity index (χ2v) is 7.45. The number of hydrogen-bond donors (Lipinski definition) is 2. The van der Waals surface area contributed by atoms with E-state index in [9.17, 15) is 9.59 Å². The first-order valence-electron chi connectivity index (χ1n) is 9.56. The van der Waals surface area contributed by atoms with Crippen molar-refractivity contribution in [2.75, 3.05) is 11.5 Å². The van der Waals surface area contributed by atoms with Crippen molar-refractivity contribution in [1.29, 1.82) is 0 Å². The number of nitrogens with zero attached hydrogens (tertiary/aromatic N) is 2. The van der Waals surface area contributed by atoms with E-state index in [1.807, 2.05) is 60.7 Å². The largest absolute Gasteiger partial charge is 0.273 e. The van der Waals surface area contributed by atoms with Gasteiger partial charge in [-0.2, -0.15) is 22.0 Å². The number of rotatable bonds is 12. The molecule has 2 amide bonds. The number of amides is 2. The molecule has 6 nitrogen and oxygen atoms in total. The first-order chi connectivity index (χ1) is 14.2. The van der Waals surface area contributed by atoms with Crippen molar-refractivity contribution in [3.8, 4) is 0 Å². The Hall–Kier alpha value is -2.93. The van der Waals surface area contributed by atoms with Crippen LogP contribution in [0.15, 0.2) is 70.9 Å². The van der Waals surface area contributed by atoms with Crippen LogP contribution < -0.4 is 10.9 Å². The van der Waals surface area contributed by atoms with E-state index in [1.54, 1.807) is 24.2 Å². The van der Waals surface area contributed by atoms with Crippen molar-refractivity contribution in [3.63, 3.8) is 0 Å². The Balaban J connectivity index is 1.44. The van der Waals surface area contributed by atoms with Gasteiger partial charge in [-0.25, -0.2) is 10.9 Å². The lowest BCUT2D eigenvalue weighted by atomic mass is 10.2. The number of hydrazone groups is 2. The van der Waals surface area contributed by atoms with E-state index >= 15 is 0 Å². The Bertz CT molecular complexity index is 727. The molecule has 0 aromatic heterocycles. The third kappa shape index (κ3) is 10.8. The van der Waals surface area contributed by atoms with Crippen molar-refractivity contribution < 1.29 is 9.59 Å². The van der Waals surface area contributed by atoms with E-state index in [1.165, 1.54) is 0 Å². The quantitative estimate of drug-likeness (QED) is 0.319. The van der Waals surface area contributed by atoms with Gasteiger partial charge in [-0.3, -0.25) is 9.59 Å². The van der Waals surface area contributed by atoms with Gasteiger partial charge in [-0.05, 0) is 35.5 Å². The predicted molar refractivity (Wildman–Crippen MR) is 120 cm³/mol. The molecular formula is C22H26N4O2S. The highest BCUT2D eigenvalue weighted by Gasteiger charge is 2.01. The number of carbonyl (C=O) groups is 2. The Morgan fingerprint density at radius 1 is 0.724 bits per heavy atom. The van der Waals surface area contributed by atoms with Crippen LogP contribution in [0.3, 0.4) is 0 Å². The van der Waals surface area contributed by atoms with Crippen LogP contribution in [0, 0.1) is 0 Å². The lowest BCUT2D eigenvalue weighted by molar-refractivity contribution is -0.121. The Morgan fingerprint density at radius 3 is 1.55 bits per heavy atom. The van der Waals surface area contributed by atoms with Gasteiger partial charge < -0.3 is 0 Å². The molecule has 2 aromatic carbocycles. The van der Waals surface area contributed by atoms with E-state index in [-0.39, 0.29) is 11.8 Å². The van der Waals surface area contributed by atoms with Gasteiger partial charge in [0.2, 0.25) is 11.8 Å². The Kier molecular flexibility index (Phi) is 10.9. The van der Waals surface area contributed by atoms with Crippen molar-refractivity contribution in [2.45, 2.75) is 25.7 Å². The van der Waals surface area contributed by atoms with E-state index in [0.717, 1.165) is 35.5 Å². The molecular weight excluding hydrogens is 384 g/mol. The molecule has 0 fully saturated rings. The van der Waals surface area contributed by atoms with Crippen LogP contribution in [-0.2, 0) is 9.59 Å². The van der Waals surface area contributed by atoms with Crippen LogP contribution in [0.25, 0.3) is 0 Å². The average Bonchev–Trinajstić information content (AvgIpc) is 2.74. The molecule has 0 aliphatic rings. The van der Waals surface area contributed by atoms with Crippen LogP contribution in [0.1, 0.15) is 36.8 Å². The summed E-state index contributed by atoms with van der Waals surface area (Å²) in [4.78, 5) is 23.4. The minimum Gasteiger partial charge on any atom is -0.273 e. The van der Waals surface area contributed by atoms with Gasteiger partial charge in [0.25, 0.3) is 0 Å². The van der Waals surface area contributed by atoms with Crippen LogP contribution in [0.2, 0.25) is 0 Å². The lowest BCUT2D eigenvalue weighted by Crippen LogP contribution is -2.17. The molecule has 29 heavy (non-hydrogen) atoms. The fourth-order valence-electron chi connectivity index (χ4n) is 2.32. The second-order valence-electron chi connectivity index (χ2n) is 6.23. The van der Waals surface area contributed by atoms with Crippen LogP contribution in [0.5, 0.6) is 0 Å².